The number of aromatic nitrogens is 1. The average molecular weight is 366 g/mol. The van der Waals surface area contributed by atoms with E-state index in [1.165, 1.54) is 5.56 Å². The molecule has 0 aliphatic carbocycles. The molecule has 0 N–H and O–H groups in total. The van der Waals surface area contributed by atoms with E-state index in [9.17, 15) is 10.1 Å². The van der Waals surface area contributed by atoms with Crippen molar-refractivity contribution in [3.8, 4) is 10.4 Å². The molecule has 0 bridgehead atoms. The molecule has 1 aliphatic rings. The fraction of sp³-hybridized carbons (Fsp3) is 0.211. The fourth-order valence-corrected chi connectivity index (χ4v) is 4.14. The van der Waals surface area contributed by atoms with Crippen LogP contribution in [-0.4, -0.2) is 36.1 Å². The summed E-state index contributed by atoms with van der Waals surface area (Å²) in [7, 11) is 0. The third kappa shape index (κ3) is 3.25. The number of nitrogens with zero attached hydrogens (tertiary/aromatic N) is 4. The van der Waals surface area contributed by atoms with Crippen LogP contribution < -0.4 is 9.80 Å². The van der Waals surface area contributed by atoms with E-state index in [1.807, 2.05) is 36.5 Å². The minimum Gasteiger partial charge on any atom is -0.362 e. The van der Waals surface area contributed by atoms with Crippen LogP contribution in [0.1, 0.15) is 0 Å². The van der Waals surface area contributed by atoms with Gasteiger partial charge >= 0.3 is 0 Å². The van der Waals surface area contributed by atoms with Crippen LogP contribution in [0.2, 0.25) is 0 Å². The molecule has 0 spiro atoms. The monoisotopic (exact) mass is 366 g/mol. The van der Waals surface area contributed by atoms with Crippen molar-refractivity contribution in [2.45, 2.75) is 0 Å². The number of rotatable bonds is 4. The van der Waals surface area contributed by atoms with Gasteiger partial charge in [0.1, 0.15) is 5.69 Å². The number of benzene rings is 2. The fourth-order valence-electron chi connectivity index (χ4n) is 3.17. The van der Waals surface area contributed by atoms with Crippen molar-refractivity contribution in [2.75, 3.05) is 36.0 Å². The van der Waals surface area contributed by atoms with Crippen LogP contribution in [-0.2, 0) is 0 Å². The second kappa shape index (κ2) is 7.13. The summed E-state index contributed by atoms with van der Waals surface area (Å²) < 4.78 is 0. The third-order valence-electron chi connectivity index (χ3n) is 4.52. The van der Waals surface area contributed by atoms with Crippen LogP contribution in [0.3, 0.4) is 0 Å². The molecule has 1 saturated heterocycles. The van der Waals surface area contributed by atoms with E-state index in [-0.39, 0.29) is 10.6 Å². The van der Waals surface area contributed by atoms with Gasteiger partial charge in [0.2, 0.25) is 0 Å². The minimum atomic E-state index is -0.311. The van der Waals surface area contributed by atoms with E-state index < -0.39 is 0 Å². The number of anilines is 2. The molecule has 0 atom stereocenters. The molecule has 4 rings (SSSR count). The number of hydrogen-bond donors (Lipinski definition) is 0. The predicted octanol–water partition coefficient (Wildman–Crippen LogP) is 4.04. The number of para-hydroxylation sites is 2. The molecule has 1 fully saturated rings. The maximum atomic E-state index is 11.2. The number of hydrogen-bond acceptors (Lipinski definition) is 6. The Bertz CT molecular complexity index is 905. The zero-order valence-electron chi connectivity index (χ0n) is 14.1. The standard InChI is InChI=1S/C19H18N4O2S/c24-23(25)17-9-5-4-8-16(17)21-10-12-22(13-11-21)19-20-14-18(26-19)15-6-2-1-3-7-15/h1-9,14H,10-13H2. The van der Waals surface area contributed by atoms with Crippen molar-refractivity contribution < 1.29 is 4.92 Å². The van der Waals surface area contributed by atoms with Crippen molar-refractivity contribution in [3.05, 3.63) is 70.9 Å². The second-order valence-corrected chi connectivity index (χ2v) is 7.10. The highest BCUT2D eigenvalue weighted by atomic mass is 32.1. The van der Waals surface area contributed by atoms with E-state index in [2.05, 4.69) is 26.9 Å². The molecule has 7 heteroatoms. The lowest BCUT2D eigenvalue weighted by Crippen LogP contribution is -2.46. The van der Waals surface area contributed by atoms with Gasteiger partial charge in [0.25, 0.3) is 5.69 Å². The molecule has 2 aromatic carbocycles. The SMILES string of the molecule is O=[N+]([O-])c1ccccc1N1CCN(c2ncc(-c3ccccc3)s2)CC1. The molecular weight excluding hydrogens is 348 g/mol. The third-order valence-corrected chi connectivity index (χ3v) is 5.63. The second-order valence-electron chi connectivity index (χ2n) is 6.09. The Labute approximate surface area is 155 Å². The highest BCUT2D eigenvalue weighted by Crippen LogP contribution is 2.33. The zero-order valence-corrected chi connectivity index (χ0v) is 14.9. The Balaban J connectivity index is 1.46. The zero-order chi connectivity index (χ0) is 17.9. The van der Waals surface area contributed by atoms with Gasteiger partial charge in [-0.3, -0.25) is 10.1 Å². The lowest BCUT2D eigenvalue weighted by atomic mass is 10.2. The Hall–Kier alpha value is -2.93. The topological polar surface area (TPSA) is 62.5 Å². The first-order valence-corrected chi connectivity index (χ1v) is 9.28. The van der Waals surface area contributed by atoms with Gasteiger partial charge in [-0.15, -0.1) is 0 Å². The molecule has 0 saturated carbocycles. The normalized spacial score (nSPS) is 14.5. The maximum Gasteiger partial charge on any atom is 0.292 e. The quantitative estimate of drug-likeness (QED) is 0.515. The van der Waals surface area contributed by atoms with Gasteiger partial charge in [0.15, 0.2) is 5.13 Å². The molecule has 3 aromatic rings. The maximum absolute atomic E-state index is 11.2. The van der Waals surface area contributed by atoms with Crippen molar-refractivity contribution >= 4 is 27.8 Å². The molecule has 0 unspecified atom stereocenters. The largest absolute Gasteiger partial charge is 0.362 e. The highest BCUT2D eigenvalue weighted by molar-refractivity contribution is 7.18. The van der Waals surface area contributed by atoms with Gasteiger partial charge < -0.3 is 9.80 Å². The smallest absolute Gasteiger partial charge is 0.292 e. The lowest BCUT2D eigenvalue weighted by molar-refractivity contribution is -0.384. The Morgan fingerprint density at radius 2 is 1.58 bits per heavy atom. The van der Waals surface area contributed by atoms with Gasteiger partial charge in [-0.25, -0.2) is 4.98 Å². The van der Waals surface area contributed by atoms with Crippen molar-refractivity contribution in [1.29, 1.82) is 0 Å². The van der Waals surface area contributed by atoms with Crippen LogP contribution in [0.15, 0.2) is 60.8 Å². The number of nitro groups is 1. The summed E-state index contributed by atoms with van der Waals surface area (Å²) in [5.74, 6) is 0. The highest BCUT2D eigenvalue weighted by Gasteiger charge is 2.24. The first-order valence-electron chi connectivity index (χ1n) is 8.47. The van der Waals surface area contributed by atoms with Crippen LogP contribution in [0, 0.1) is 10.1 Å². The molecule has 0 radical (unpaired) electrons. The number of piperazine rings is 1. The Morgan fingerprint density at radius 3 is 2.31 bits per heavy atom. The van der Waals surface area contributed by atoms with E-state index in [1.54, 1.807) is 23.5 Å². The van der Waals surface area contributed by atoms with Gasteiger partial charge in [-0.2, -0.15) is 0 Å². The number of nitro benzene ring substituents is 1. The van der Waals surface area contributed by atoms with Crippen molar-refractivity contribution in [2.24, 2.45) is 0 Å². The summed E-state index contributed by atoms with van der Waals surface area (Å²) >= 11 is 1.69. The molecule has 1 aromatic heterocycles. The molecule has 1 aliphatic heterocycles. The van der Waals surface area contributed by atoms with Gasteiger partial charge in [-0.1, -0.05) is 53.8 Å². The summed E-state index contributed by atoms with van der Waals surface area (Å²) in [6, 6.07) is 17.2. The summed E-state index contributed by atoms with van der Waals surface area (Å²) in [6.45, 7) is 3.08. The van der Waals surface area contributed by atoms with E-state index >= 15 is 0 Å². The number of thiazole rings is 1. The van der Waals surface area contributed by atoms with Gasteiger partial charge in [0.05, 0.1) is 9.80 Å². The molecule has 2 heterocycles. The first-order chi connectivity index (χ1) is 12.7. The van der Waals surface area contributed by atoms with Crippen molar-refractivity contribution in [3.63, 3.8) is 0 Å². The summed E-state index contributed by atoms with van der Waals surface area (Å²) in [5.41, 5.74) is 2.04. The lowest BCUT2D eigenvalue weighted by Gasteiger charge is -2.35. The molecule has 0 amide bonds. The Morgan fingerprint density at radius 1 is 0.923 bits per heavy atom. The van der Waals surface area contributed by atoms with Crippen LogP contribution in [0.4, 0.5) is 16.5 Å². The minimum absolute atomic E-state index is 0.168. The van der Waals surface area contributed by atoms with Gasteiger partial charge in [0, 0.05) is 38.4 Å². The first kappa shape index (κ1) is 16.5. The summed E-state index contributed by atoms with van der Waals surface area (Å²) in [6.07, 6.45) is 1.92. The average Bonchev–Trinajstić information content (AvgIpc) is 3.19. The van der Waals surface area contributed by atoms with E-state index in [0.717, 1.165) is 36.2 Å². The molecule has 26 heavy (non-hydrogen) atoms. The molecule has 132 valence electrons. The molecular formula is C19H18N4O2S. The predicted molar refractivity (Wildman–Crippen MR) is 105 cm³/mol. The van der Waals surface area contributed by atoms with Crippen LogP contribution in [0.5, 0.6) is 0 Å². The van der Waals surface area contributed by atoms with Crippen LogP contribution in [0.25, 0.3) is 10.4 Å². The van der Waals surface area contributed by atoms with Crippen LogP contribution >= 0.6 is 11.3 Å². The molecule has 6 nitrogen and oxygen atoms in total. The van der Waals surface area contributed by atoms with Crippen molar-refractivity contribution in [1.82, 2.24) is 4.98 Å². The summed E-state index contributed by atoms with van der Waals surface area (Å²) in [4.78, 5) is 21.0. The summed E-state index contributed by atoms with van der Waals surface area (Å²) in [5, 5.41) is 12.3. The van der Waals surface area contributed by atoms with E-state index in [0.29, 0.717) is 5.69 Å². The Kier molecular flexibility index (Phi) is 4.53. The van der Waals surface area contributed by atoms with Gasteiger partial charge in [-0.05, 0) is 11.6 Å². The van der Waals surface area contributed by atoms with E-state index in [4.69, 9.17) is 0 Å².